The third kappa shape index (κ3) is 7.91. The van der Waals surface area contributed by atoms with Gasteiger partial charge in [-0.05, 0) is 25.5 Å². The molecule has 1 aromatic rings. The molecular weight excluding hydrogens is 309 g/mol. The van der Waals surface area contributed by atoms with E-state index in [0.717, 1.165) is 6.42 Å². The van der Waals surface area contributed by atoms with Gasteiger partial charge in [0, 0.05) is 18.7 Å². The largest absolute Gasteiger partial charge is 0.491 e. The van der Waals surface area contributed by atoms with Crippen LogP contribution in [0, 0.1) is 0 Å². The van der Waals surface area contributed by atoms with E-state index in [0.29, 0.717) is 28.4 Å². The number of hydrogen-bond acceptors (Lipinski definition) is 3. The van der Waals surface area contributed by atoms with Crippen molar-refractivity contribution in [1.82, 2.24) is 5.32 Å². The van der Waals surface area contributed by atoms with Gasteiger partial charge in [0.1, 0.15) is 18.5 Å². The Bertz CT molecular complexity index is 415. The molecule has 21 heavy (non-hydrogen) atoms. The first-order valence-corrected chi connectivity index (χ1v) is 8.27. The number of ether oxygens (including phenoxy) is 1. The summed E-state index contributed by atoms with van der Waals surface area (Å²) in [5.41, 5.74) is 0. The molecule has 0 aliphatic rings. The topological polar surface area (TPSA) is 41.5 Å². The van der Waals surface area contributed by atoms with Gasteiger partial charge in [-0.2, -0.15) is 0 Å². The molecule has 0 aromatic heterocycles. The lowest BCUT2D eigenvalue weighted by atomic mass is 10.1. The van der Waals surface area contributed by atoms with Gasteiger partial charge in [0.05, 0.1) is 10.0 Å². The van der Waals surface area contributed by atoms with E-state index in [1.54, 1.807) is 18.2 Å². The highest BCUT2D eigenvalue weighted by Crippen LogP contribution is 2.26. The normalized spacial score (nSPS) is 14.0. The highest BCUT2D eigenvalue weighted by atomic mass is 35.5. The first-order valence-electron chi connectivity index (χ1n) is 7.52. The van der Waals surface area contributed by atoms with Gasteiger partial charge in [-0.15, -0.1) is 0 Å². The van der Waals surface area contributed by atoms with Crippen molar-refractivity contribution in [2.45, 2.75) is 51.7 Å². The summed E-state index contributed by atoms with van der Waals surface area (Å²) >= 11 is 11.7. The molecule has 0 radical (unpaired) electrons. The summed E-state index contributed by atoms with van der Waals surface area (Å²) in [4.78, 5) is 0. The molecular formula is C16H25Cl2NO2. The van der Waals surface area contributed by atoms with Crippen molar-refractivity contribution in [2.24, 2.45) is 0 Å². The van der Waals surface area contributed by atoms with E-state index >= 15 is 0 Å². The van der Waals surface area contributed by atoms with E-state index in [-0.39, 0.29) is 6.61 Å². The molecule has 3 nitrogen and oxygen atoms in total. The molecule has 1 aromatic carbocycles. The zero-order valence-corrected chi connectivity index (χ0v) is 14.3. The van der Waals surface area contributed by atoms with E-state index in [1.807, 2.05) is 0 Å². The molecule has 5 heteroatoms. The molecule has 120 valence electrons. The number of unbranched alkanes of at least 4 members (excludes halogenated alkanes) is 2. The van der Waals surface area contributed by atoms with E-state index in [9.17, 15) is 5.11 Å². The summed E-state index contributed by atoms with van der Waals surface area (Å²) in [6, 6.07) is 5.48. The Morgan fingerprint density at radius 2 is 2.00 bits per heavy atom. The fourth-order valence-electron chi connectivity index (χ4n) is 1.96. The maximum Gasteiger partial charge on any atom is 0.121 e. The summed E-state index contributed by atoms with van der Waals surface area (Å²) in [6.07, 6.45) is 4.30. The maximum atomic E-state index is 9.91. The number of aliphatic hydroxyl groups is 1. The van der Waals surface area contributed by atoms with Gasteiger partial charge in [0.2, 0.25) is 0 Å². The van der Waals surface area contributed by atoms with Crippen LogP contribution in [-0.2, 0) is 0 Å². The first kappa shape index (κ1) is 18.6. The summed E-state index contributed by atoms with van der Waals surface area (Å²) in [5, 5.41) is 14.2. The molecule has 0 fully saturated rings. The van der Waals surface area contributed by atoms with Gasteiger partial charge in [-0.1, -0.05) is 49.4 Å². The average Bonchev–Trinajstić information content (AvgIpc) is 2.46. The van der Waals surface area contributed by atoms with Crippen LogP contribution in [0.2, 0.25) is 10.0 Å². The molecule has 0 saturated heterocycles. The second-order valence-corrected chi connectivity index (χ2v) is 6.16. The van der Waals surface area contributed by atoms with Crippen LogP contribution in [0.15, 0.2) is 18.2 Å². The third-order valence-corrected chi connectivity index (χ3v) is 4.02. The number of hydrogen-bond donors (Lipinski definition) is 2. The van der Waals surface area contributed by atoms with Crippen molar-refractivity contribution >= 4 is 23.2 Å². The fourth-order valence-corrected chi connectivity index (χ4v) is 2.25. The zero-order valence-electron chi connectivity index (χ0n) is 12.7. The smallest absolute Gasteiger partial charge is 0.121 e. The Hall–Kier alpha value is -0.480. The number of halogens is 2. The molecule has 0 spiro atoms. The molecule has 0 bridgehead atoms. The van der Waals surface area contributed by atoms with Gasteiger partial charge >= 0.3 is 0 Å². The van der Waals surface area contributed by atoms with Crippen LogP contribution in [0.1, 0.15) is 39.5 Å². The van der Waals surface area contributed by atoms with Crippen LogP contribution in [-0.4, -0.2) is 30.4 Å². The minimum Gasteiger partial charge on any atom is -0.491 e. The third-order valence-electron chi connectivity index (χ3n) is 3.28. The van der Waals surface area contributed by atoms with Crippen molar-refractivity contribution in [2.75, 3.05) is 13.2 Å². The Kier molecular flexibility index (Phi) is 9.09. The van der Waals surface area contributed by atoms with Gasteiger partial charge in [-0.25, -0.2) is 0 Å². The summed E-state index contributed by atoms with van der Waals surface area (Å²) in [6.45, 7) is 5.09. The van der Waals surface area contributed by atoms with Gasteiger partial charge < -0.3 is 15.2 Å². The minimum absolute atomic E-state index is 0.229. The quantitative estimate of drug-likeness (QED) is 0.627. The molecule has 2 atom stereocenters. The maximum absolute atomic E-state index is 9.91. The Morgan fingerprint density at radius 3 is 2.67 bits per heavy atom. The summed E-state index contributed by atoms with van der Waals surface area (Å²) in [7, 11) is 0. The molecule has 1 rings (SSSR count). The lowest BCUT2D eigenvalue weighted by Crippen LogP contribution is -2.36. The number of aliphatic hydroxyl groups excluding tert-OH is 1. The standard InChI is InChI=1S/C16H25Cl2NO2/c1-3-4-5-6-12(2)19-10-13(20)11-21-14-7-8-15(17)16(18)9-14/h7-9,12-13,19-20H,3-6,10-11H2,1-2H3. The molecule has 0 saturated carbocycles. The Morgan fingerprint density at radius 1 is 1.24 bits per heavy atom. The van der Waals surface area contributed by atoms with Gasteiger partial charge in [0.25, 0.3) is 0 Å². The summed E-state index contributed by atoms with van der Waals surface area (Å²) in [5.74, 6) is 0.611. The van der Waals surface area contributed by atoms with Crippen molar-refractivity contribution in [1.29, 1.82) is 0 Å². The Labute approximate surface area is 137 Å². The number of benzene rings is 1. The molecule has 0 aliphatic carbocycles. The molecule has 2 N–H and O–H groups in total. The van der Waals surface area contributed by atoms with E-state index < -0.39 is 6.10 Å². The second-order valence-electron chi connectivity index (χ2n) is 5.35. The number of rotatable bonds is 10. The molecule has 0 aliphatic heterocycles. The van der Waals surface area contributed by atoms with E-state index in [2.05, 4.69) is 19.2 Å². The molecule has 0 heterocycles. The van der Waals surface area contributed by atoms with Crippen molar-refractivity contribution in [3.63, 3.8) is 0 Å². The predicted octanol–water partition coefficient (Wildman–Crippen LogP) is 4.29. The van der Waals surface area contributed by atoms with Crippen LogP contribution >= 0.6 is 23.2 Å². The van der Waals surface area contributed by atoms with Gasteiger partial charge in [0.15, 0.2) is 0 Å². The fraction of sp³-hybridized carbons (Fsp3) is 0.625. The summed E-state index contributed by atoms with van der Waals surface area (Å²) < 4.78 is 5.50. The van der Waals surface area contributed by atoms with Gasteiger partial charge in [-0.3, -0.25) is 0 Å². The number of nitrogens with one attached hydrogen (secondary N) is 1. The van der Waals surface area contributed by atoms with Crippen molar-refractivity contribution < 1.29 is 9.84 Å². The molecule has 0 amide bonds. The minimum atomic E-state index is -0.548. The second kappa shape index (κ2) is 10.3. The van der Waals surface area contributed by atoms with Crippen molar-refractivity contribution in [3.8, 4) is 5.75 Å². The van der Waals surface area contributed by atoms with Crippen LogP contribution in [0.4, 0.5) is 0 Å². The van der Waals surface area contributed by atoms with Crippen LogP contribution < -0.4 is 10.1 Å². The van der Waals surface area contributed by atoms with Crippen LogP contribution in [0.5, 0.6) is 5.75 Å². The Balaban J connectivity index is 2.21. The lowest BCUT2D eigenvalue weighted by molar-refractivity contribution is 0.104. The average molecular weight is 334 g/mol. The van der Waals surface area contributed by atoms with E-state index in [4.69, 9.17) is 27.9 Å². The zero-order chi connectivity index (χ0) is 15.7. The highest BCUT2D eigenvalue weighted by Gasteiger charge is 2.08. The van der Waals surface area contributed by atoms with E-state index in [1.165, 1.54) is 19.3 Å². The molecule has 2 unspecified atom stereocenters. The first-order chi connectivity index (χ1) is 10.0. The predicted molar refractivity (Wildman–Crippen MR) is 89.6 cm³/mol. The van der Waals surface area contributed by atoms with Crippen LogP contribution in [0.25, 0.3) is 0 Å². The van der Waals surface area contributed by atoms with Crippen LogP contribution in [0.3, 0.4) is 0 Å². The lowest BCUT2D eigenvalue weighted by Gasteiger charge is -2.17. The highest BCUT2D eigenvalue weighted by molar-refractivity contribution is 6.42. The SMILES string of the molecule is CCCCCC(C)NCC(O)COc1ccc(Cl)c(Cl)c1. The monoisotopic (exact) mass is 333 g/mol. The van der Waals surface area contributed by atoms with Crippen molar-refractivity contribution in [3.05, 3.63) is 28.2 Å².